The fourth-order valence-corrected chi connectivity index (χ4v) is 2.39. The minimum atomic E-state index is -0.994. The number of hydrazone groups is 1. The topological polar surface area (TPSA) is 99.8 Å². The Morgan fingerprint density at radius 2 is 2.00 bits per heavy atom. The highest BCUT2D eigenvalue weighted by molar-refractivity contribution is 6.04. The Morgan fingerprint density at radius 3 is 2.62 bits per heavy atom. The van der Waals surface area contributed by atoms with Gasteiger partial charge < -0.3 is 10.4 Å². The largest absolute Gasteiger partial charge is 0.480 e. The van der Waals surface area contributed by atoms with Crippen LogP contribution in [0, 0.1) is 0 Å². The molecule has 0 bridgehead atoms. The highest BCUT2D eigenvalue weighted by Crippen LogP contribution is 2.20. The molecule has 0 aliphatic carbocycles. The third kappa shape index (κ3) is 3.60. The summed E-state index contributed by atoms with van der Waals surface area (Å²) in [5.74, 6) is -0.986. The number of aromatic nitrogens is 2. The van der Waals surface area contributed by atoms with E-state index in [1.54, 1.807) is 18.2 Å². The molecule has 0 saturated heterocycles. The molecular formula is C16H17N5O3. The molecule has 8 nitrogen and oxygen atoms in total. The van der Waals surface area contributed by atoms with Crippen LogP contribution in [0.15, 0.2) is 41.6 Å². The molecule has 0 spiro atoms. The number of carbonyl (C=O) groups is 2. The van der Waals surface area contributed by atoms with Crippen LogP contribution < -0.4 is 10.3 Å². The quantitative estimate of drug-likeness (QED) is 0.872. The van der Waals surface area contributed by atoms with Crippen molar-refractivity contribution in [3.63, 3.8) is 0 Å². The summed E-state index contributed by atoms with van der Waals surface area (Å²) in [5, 5.41) is 21.7. The van der Waals surface area contributed by atoms with Crippen LogP contribution in [-0.4, -0.2) is 39.0 Å². The number of amides is 1. The first-order valence-corrected chi connectivity index (χ1v) is 7.49. The maximum Gasteiger partial charge on any atom is 0.325 e. The molecule has 0 saturated carbocycles. The second kappa shape index (κ2) is 6.53. The molecule has 0 fully saturated rings. The van der Waals surface area contributed by atoms with Crippen molar-refractivity contribution in [1.29, 1.82) is 0 Å². The van der Waals surface area contributed by atoms with Gasteiger partial charge in [-0.2, -0.15) is 10.2 Å². The Labute approximate surface area is 138 Å². The molecule has 8 heteroatoms. The fraction of sp³-hybridized carbons (Fsp3) is 0.250. The Morgan fingerprint density at radius 1 is 1.25 bits per heavy atom. The highest BCUT2D eigenvalue weighted by atomic mass is 16.4. The van der Waals surface area contributed by atoms with E-state index in [9.17, 15) is 9.59 Å². The first-order chi connectivity index (χ1) is 11.5. The van der Waals surface area contributed by atoms with Gasteiger partial charge in [-0.15, -0.1) is 0 Å². The van der Waals surface area contributed by atoms with Gasteiger partial charge in [-0.1, -0.05) is 0 Å². The Hall–Kier alpha value is -3.16. The molecule has 2 N–H and O–H groups in total. The van der Waals surface area contributed by atoms with Crippen LogP contribution >= 0.6 is 0 Å². The van der Waals surface area contributed by atoms with Gasteiger partial charge >= 0.3 is 5.97 Å². The molecule has 1 amide bonds. The van der Waals surface area contributed by atoms with Gasteiger partial charge in [0.05, 0.1) is 5.69 Å². The number of hydrogen-bond donors (Lipinski definition) is 2. The van der Waals surface area contributed by atoms with Gasteiger partial charge in [0.1, 0.15) is 6.54 Å². The van der Waals surface area contributed by atoms with Crippen LogP contribution in [-0.2, 0) is 11.3 Å². The third-order valence-electron chi connectivity index (χ3n) is 3.58. The molecule has 0 atom stereocenters. The van der Waals surface area contributed by atoms with E-state index in [4.69, 9.17) is 5.11 Å². The predicted molar refractivity (Wildman–Crippen MR) is 89.3 cm³/mol. The van der Waals surface area contributed by atoms with Crippen LogP contribution in [0.4, 0.5) is 11.5 Å². The van der Waals surface area contributed by atoms with Crippen molar-refractivity contribution in [1.82, 2.24) is 9.78 Å². The monoisotopic (exact) mass is 327 g/mol. The lowest BCUT2D eigenvalue weighted by Gasteiger charge is -2.13. The predicted octanol–water partition coefficient (Wildman–Crippen LogP) is 1.81. The summed E-state index contributed by atoms with van der Waals surface area (Å²) in [6.07, 6.45) is 2.45. The molecule has 24 heavy (non-hydrogen) atoms. The van der Waals surface area contributed by atoms with Crippen molar-refractivity contribution >= 4 is 29.1 Å². The number of hydrogen-bond acceptors (Lipinski definition) is 5. The van der Waals surface area contributed by atoms with Crippen molar-refractivity contribution in [2.75, 3.05) is 16.9 Å². The number of anilines is 2. The summed E-state index contributed by atoms with van der Waals surface area (Å²) in [4.78, 5) is 22.8. The molecule has 1 aromatic carbocycles. The van der Waals surface area contributed by atoms with Crippen molar-refractivity contribution in [2.24, 2.45) is 5.10 Å². The van der Waals surface area contributed by atoms with Crippen molar-refractivity contribution in [2.45, 2.75) is 19.9 Å². The zero-order valence-electron chi connectivity index (χ0n) is 13.1. The normalized spacial score (nSPS) is 13.7. The smallest absolute Gasteiger partial charge is 0.325 e. The minimum absolute atomic E-state index is 0.250. The summed E-state index contributed by atoms with van der Waals surface area (Å²) in [6.45, 7) is 2.59. The number of carbonyl (C=O) groups excluding carboxylic acids is 1. The zero-order chi connectivity index (χ0) is 17.1. The number of carboxylic acids is 1. The van der Waals surface area contributed by atoms with Gasteiger partial charge in [0.15, 0.2) is 5.82 Å². The zero-order valence-corrected chi connectivity index (χ0v) is 13.1. The Balaban J connectivity index is 1.65. The average molecular weight is 327 g/mol. The van der Waals surface area contributed by atoms with Crippen molar-refractivity contribution < 1.29 is 14.7 Å². The fourth-order valence-electron chi connectivity index (χ4n) is 2.39. The van der Waals surface area contributed by atoms with Gasteiger partial charge in [-0.05, 0) is 31.2 Å². The molecular weight excluding hydrogens is 310 g/mol. The van der Waals surface area contributed by atoms with Crippen LogP contribution in [0.1, 0.15) is 23.7 Å². The summed E-state index contributed by atoms with van der Waals surface area (Å²) in [5.41, 5.74) is 2.52. The second-order valence-electron chi connectivity index (χ2n) is 5.50. The first-order valence-electron chi connectivity index (χ1n) is 7.49. The summed E-state index contributed by atoms with van der Waals surface area (Å²) in [6, 6.07) is 8.70. The molecule has 2 heterocycles. The molecule has 1 aromatic heterocycles. The highest BCUT2D eigenvalue weighted by Gasteiger charge is 2.14. The van der Waals surface area contributed by atoms with E-state index in [1.165, 1.54) is 10.9 Å². The van der Waals surface area contributed by atoms with Crippen LogP contribution in [0.2, 0.25) is 0 Å². The molecule has 1 aliphatic heterocycles. The maximum absolute atomic E-state index is 12.2. The van der Waals surface area contributed by atoms with Crippen molar-refractivity contribution in [3.8, 4) is 0 Å². The van der Waals surface area contributed by atoms with Crippen LogP contribution in [0.5, 0.6) is 0 Å². The maximum atomic E-state index is 12.2. The van der Waals surface area contributed by atoms with E-state index in [-0.39, 0.29) is 12.5 Å². The number of carboxylic acid groups (broad SMARTS) is 1. The summed E-state index contributed by atoms with van der Waals surface area (Å²) < 4.78 is 1.24. The molecule has 124 valence electrons. The molecule has 1 aliphatic rings. The van der Waals surface area contributed by atoms with E-state index in [0.717, 1.165) is 24.4 Å². The first kappa shape index (κ1) is 15.7. The lowest BCUT2D eigenvalue weighted by atomic mass is 10.2. The van der Waals surface area contributed by atoms with Gasteiger partial charge in [-0.3, -0.25) is 19.3 Å². The molecule has 2 aromatic rings. The number of aliphatic carboxylic acids is 1. The van der Waals surface area contributed by atoms with E-state index in [0.29, 0.717) is 11.4 Å². The number of nitrogens with zero attached hydrogens (tertiary/aromatic N) is 4. The summed E-state index contributed by atoms with van der Waals surface area (Å²) >= 11 is 0. The third-order valence-corrected chi connectivity index (χ3v) is 3.58. The standard InChI is InChI=1S/C16H17N5O3/c1-11-6-9-21(18-11)13-4-2-12(3-5-13)16(24)17-14-7-8-20(19-14)10-15(22)23/h2-5,7-8H,6,9-10H2,1H3,(H,22,23)(H,17,19,24). The SMILES string of the molecule is CC1=NN(c2ccc(C(=O)Nc3ccn(CC(=O)O)n3)cc2)CC1. The van der Waals surface area contributed by atoms with Gasteiger partial charge in [-0.25, -0.2) is 0 Å². The van der Waals surface area contributed by atoms with Crippen molar-refractivity contribution in [3.05, 3.63) is 42.1 Å². The van der Waals surface area contributed by atoms with E-state index < -0.39 is 5.97 Å². The van der Waals surface area contributed by atoms with E-state index in [2.05, 4.69) is 15.5 Å². The molecule has 3 rings (SSSR count). The number of benzene rings is 1. The van der Waals surface area contributed by atoms with Gasteiger partial charge in [0, 0.05) is 36.5 Å². The van der Waals surface area contributed by atoms with Gasteiger partial charge in [0.2, 0.25) is 0 Å². The number of rotatable bonds is 5. The lowest BCUT2D eigenvalue weighted by molar-refractivity contribution is -0.137. The second-order valence-corrected chi connectivity index (χ2v) is 5.50. The summed E-state index contributed by atoms with van der Waals surface area (Å²) in [7, 11) is 0. The molecule has 0 unspecified atom stereocenters. The van der Waals surface area contributed by atoms with Gasteiger partial charge in [0.25, 0.3) is 5.91 Å². The Kier molecular flexibility index (Phi) is 4.28. The minimum Gasteiger partial charge on any atom is -0.480 e. The molecule has 0 radical (unpaired) electrons. The average Bonchev–Trinajstić information content (AvgIpc) is 3.16. The van der Waals surface area contributed by atoms with Crippen LogP contribution in [0.25, 0.3) is 0 Å². The van der Waals surface area contributed by atoms with E-state index in [1.807, 2.05) is 24.1 Å². The van der Waals surface area contributed by atoms with Crippen LogP contribution in [0.3, 0.4) is 0 Å². The Bertz CT molecular complexity index is 794. The number of nitrogens with one attached hydrogen (secondary N) is 1. The van der Waals surface area contributed by atoms with E-state index >= 15 is 0 Å². The lowest BCUT2D eigenvalue weighted by Crippen LogP contribution is -2.15.